The van der Waals surface area contributed by atoms with Crippen LogP contribution in [0.4, 0.5) is 0 Å². The van der Waals surface area contributed by atoms with Crippen molar-refractivity contribution < 1.29 is 28.5 Å². The van der Waals surface area contributed by atoms with Gasteiger partial charge in [-0.2, -0.15) is 5.26 Å². The normalized spacial score (nSPS) is 10.7. The molecule has 7 heteroatoms. The molecule has 0 aromatic heterocycles. The molecule has 3 rings (SSSR count). The van der Waals surface area contributed by atoms with E-state index in [1.165, 1.54) is 14.2 Å². The maximum Gasteiger partial charge on any atom is 0.349 e. The van der Waals surface area contributed by atoms with Crippen LogP contribution in [0.5, 0.6) is 28.7 Å². The molecule has 0 saturated carbocycles. The van der Waals surface area contributed by atoms with Crippen LogP contribution in [-0.2, 0) is 4.79 Å². The van der Waals surface area contributed by atoms with Crippen molar-refractivity contribution >= 4 is 17.6 Å². The summed E-state index contributed by atoms with van der Waals surface area (Å²) in [4.78, 5) is 12.2. The number of aryl methyl sites for hydroxylation is 1. The standard InChI is InChI=1S/C27H25NO6/c1-18-5-9-22(10-6-18)33-17-27(29)34-24-11-7-19(14-25(24)31-3)13-21(16-28)20-8-12-23(30-2)26(15-20)32-4/h5-15H,17H2,1-4H3/b21-13-. The number of nitrogens with zero attached hydrogens (tertiary/aromatic N) is 1. The van der Waals surface area contributed by atoms with Crippen LogP contribution >= 0.6 is 0 Å². The van der Waals surface area contributed by atoms with Crippen molar-refractivity contribution in [2.45, 2.75) is 6.92 Å². The van der Waals surface area contributed by atoms with Gasteiger partial charge in [-0.3, -0.25) is 0 Å². The van der Waals surface area contributed by atoms with Crippen LogP contribution in [0, 0.1) is 18.3 Å². The number of esters is 1. The Labute approximate surface area is 198 Å². The number of ether oxygens (including phenoxy) is 5. The van der Waals surface area contributed by atoms with Crippen molar-refractivity contribution in [2.24, 2.45) is 0 Å². The third-order valence-electron chi connectivity index (χ3n) is 4.92. The summed E-state index contributed by atoms with van der Waals surface area (Å²) in [6.07, 6.45) is 1.70. The third-order valence-corrected chi connectivity index (χ3v) is 4.92. The summed E-state index contributed by atoms with van der Waals surface area (Å²) in [7, 11) is 4.56. The number of rotatable bonds is 9. The Balaban J connectivity index is 1.75. The predicted octanol–water partition coefficient (Wildman–Crippen LogP) is 5.07. The van der Waals surface area contributed by atoms with Crippen molar-refractivity contribution in [3.05, 3.63) is 77.4 Å². The van der Waals surface area contributed by atoms with Crippen molar-refractivity contribution in [1.29, 1.82) is 5.26 Å². The van der Waals surface area contributed by atoms with E-state index in [-0.39, 0.29) is 12.4 Å². The molecular formula is C27H25NO6. The van der Waals surface area contributed by atoms with E-state index in [1.807, 2.05) is 19.1 Å². The van der Waals surface area contributed by atoms with Gasteiger partial charge in [-0.25, -0.2) is 4.79 Å². The van der Waals surface area contributed by atoms with Crippen molar-refractivity contribution in [2.75, 3.05) is 27.9 Å². The molecule has 0 aliphatic heterocycles. The Morgan fingerprint density at radius 2 is 1.50 bits per heavy atom. The highest BCUT2D eigenvalue weighted by atomic mass is 16.6. The molecule has 0 bridgehead atoms. The molecule has 7 nitrogen and oxygen atoms in total. The van der Waals surface area contributed by atoms with E-state index >= 15 is 0 Å². The van der Waals surface area contributed by atoms with Gasteiger partial charge in [0.05, 0.1) is 33.0 Å². The number of methoxy groups -OCH3 is 3. The summed E-state index contributed by atoms with van der Waals surface area (Å²) in [6.45, 7) is 1.72. The van der Waals surface area contributed by atoms with Gasteiger partial charge in [0, 0.05) is 0 Å². The number of carbonyl (C=O) groups excluding carboxylic acids is 1. The minimum atomic E-state index is -0.565. The van der Waals surface area contributed by atoms with Gasteiger partial charge in [-0.1, -0.05) is 23.8 Å². The van der Waals surface area contributed by atoms with Crippen LogP contribution in [0.2, 0.25) is 0 Å². The first-order valence-corrected chi connectivity index (χ1v) is 10.4. The molecule has 0 atom stereocenters. The zero-order valence-electron chi connectivity index (χ0n) is 19.5. The van der Waals surface area contributed by atoms with Gasteiger partial charge in [0.2, 0.25) is 0 Å². The molecule has 0 saturated heterocycles. The van der Waals surface area contributed by atoms with E-state index < -0.39 is 5.97 Å². The summed E-state index contributed by atoms with van der Waals surface area (Å²) in [5.74, 6) is 1.71. The Hall–Kier alpha value is -4.44. The lowest BCUT2D eigenvalue weighted by molar-refractivity contribution is -0.136. The average Bonchev–Trinajstić information content (AvgIpc) is 2.87. The van der Waals surface area contributed by atoms with Crippen molar-refractivity contribution in [3.8, 4) is 34.8 Å². The fourth-order valence-electron chi connectivity index (χ4n) is 3.14. The fraction of sp³-hybridized carbons (Fsp3) is 0.185. The molecule has 0 amide bonds. The van der Waals surface area contributed by atoms with Crippen LogP contribution in [0.15, 0.2) is 60.7 Å². The van der Waals surface area contributed by atoms with E-state index in [4.69, 9.17) is 23.7 Å². The van der Waals surface area contributed by atoms with Crippen LogP contribution in [0.25, 0.3) is 11.6 Å². The number of carbonyl (C=O) groups is 1. The molecule has 0 heterocycles. The Bertz CT molecular complexity index is 1220. The fourth-order valence-corrected chi connectivity index (χ4v) is 3.14. The van der Waals surface area contributed by atoms with Gasteiger partial charge in [0.15, 0.2) is 29.6 Å². The minimum absolute atomic E-state index is 0.244. The highest BCUT2D eigenvalue weighted by molar-refractivity contribution is 5.90. The van der Waals surface area contributed by atoms with Gasteiger partial charge in [-0.15, -0.1) is 0 Å². The lowest BCUT2D eigenvalue weighted by Gasteiger charge is -2.11. The van der Waals surface area contributed by atoms with Gasteiger partial charge in [0.1, 0.15) is 5.75 Å². The SMILES string of the molecule is COc1ccc(/C(C#N)=C\c2ccc(OC(=O)COc3ccc(C)cc3)c(OC)c2)cc1OC. The summed E-state index contributed by atoms with van der Waals surface area (Å²) >= 11 is 0. The Morgan fingerprint density at radius 3 is 2.15 bits per heavy atom. The van der Waals surface area contributed by atoms with Crippen LogP contribution < -0.4 is 23.7 Å². The zero-order valence-corrected chi connectivity index (χ0v) is 19.5. The molecule has 0 unspecified atom stereocenters. The molecule has 0 radical (unpaired) electrons. The maximum atomic E-state index is 12.2. The number of nitriles is 1. The number of allylic oxidation sites excluding steroid dienone is 1. The zero-order chi connectivity index (χ0) is 24.5. The Morgan fingerprint density at radius 1 is 0.853 bits per heavy atom. The van der Waals surface area contributed by atoms with E-state index in [2.05, 4.69) is 6.07 Å². The van der Waals surface area contributed by atoms with Crippen LogP contribution in [-0.4, -0.2) is 33.9 Å². The van der Waals surface area contributed by atoms with E-state index in [0.29, 0.717) is 39.7 Å². The molecular weight excluding hydrogens is 434 g/mol. The summed E-state index contributed by atoms with van der Waals surface area (Å²) in [6, 6.07) is 19.8. The summed E-state index contributed by atoms with van der Waals surface area (Å²) < 4.78 is 26.8. The van der Waals surface area contributed by atoms with Crippen LogP contribution in [0.3, 0.4) is 0 Å². The van der Waals surface area contributed by atoms with Crippen molar-refractivity contribution in [3.63, 3.8) is 0 Å². The number of hydrogen-bond donors (Lipinski definition) is 0. The summed E-state index contributed by atoms with van der Waals surface area (Å²) in [5, 5.41) is 9.69. The quantitative estimate of drug-likeness (QED) is 0.191. The molecule has 0 spiro atoms. The molecule has 34 heavy (non-hydrogen) atoms. The highest BCUT2D eigenvalue weighted by Crippen LogP contribution is 2.33. The van der Waals surface area contributed by atoms with Gasteiger partial charge in [0.25, 0.3) is 0 Å². The molecule has 0 aliphatic rings. The predicted molar refractivity (Wildman–Crippen MR) is 128 cm³/mol. The van der Waals surface area contributed by atoms with Crippen molar-refractivity contribution in [1.82, 2.24) is 0 Å². The van der Waals surface area contributed by atoms with E-state index in [1.54, 1.807) is 61.7 Å². The smallest absolute Gasteiger partial charge is 0.349 e. The molecule has 3 aromatic carbocycles. The van der Waals surface area contributed by atoms with E-state index in [0.717, 1.165) is 5.56 Å². The lowest BCUT2D eigenvalue weighted by Crippen LogP contribution is -2.18. The summed E-state index contributed by atoms with van der Waals surface area (Å²) in [5.41, 5.74) is 2.88. The lowest BCUT2D eigenvalue weighted by atomic mass is 10.0. The molecule has 0 aliphatic carbocycles. The number of benzene rings is 3. The largest absolute Gasteiger partial charge is 0.493 e. The first-order chi connectivity index (χ1) is 16.5. The topological polar surface area (TPSA) is 87.0 Å². The average molecular weight is 459 g/mol. The Kier molecular flexibility index (Phi) is 8.14. The van der Waals surface area contributed by atoms with Gasteiger partial charge in [-0.05, 0) is 66.6 Å². The second-order valence-electron chi connectivity index (χ2n) is 7.23. The first-order valence-electron chi connectivity index (χ1n) is 10.4. The maximum absolute atomic E-state index is 12.2. The van der Waals surface area contributed by atoms with Gasteiger partial charge < -0.3 is 23.7 Å². The van der Waals surface area contributed by atoms with Crippen LogP contribution in [0.1, 0.15) is 16.7 Å². The molecule has 0 fully saturated rings. The first kappa shape index (κ1) is 24.2. The molecule has 0 N–H and O–H groups in total. The monoisotopic (exact) mass is 459 g/mol. The molecule has 3 aromatic rings. The number of hydrogen-bond acceptors (Lipinski definition) is 7. The third kappa shape index (κ3) is 6.08. The second-order valence-corrected chi connectivity index (χ2v) is 7.23. The second kappa shape index (κ2) is 11.4. The van der Waals surface area contributed by atoms with Gasteiger partial charge >= 0.3 is 5.97 Å². The highest BCUT2D eigenvalue weighted by Gasteiger charge is 2.13. The minimum Gasteiger partial charge on any atom is -0.493 e. The van der Waals surface area contributed by atoms with E-state index in [9.17, 15) is 10.1 Å². The molecule has 174 valence electrons.